The Bertz CT molecular complexity index is 240. The number of nitrogens with two attached hydrogens (primary N) is 1. The van der Waals surface area contributed by atoms with E-state index in [1.54, 1.807) is 0 Å². The van der Waals surface area contributed by atoms with Gasteiger partial charge in [-0.1, -0.05) is 0 Å². The van der Waals surface area contributed by atoms with Crippen molar-refractivity contribution < 1.29 is 4.79 Å². The molecule has 1 amide bonds. The van der Waals surface area contributed by atoms with E-state index in [4.69, 9.17) is 11.0 Å². The molecule has 0 bridgehead atoms. The molecule has 1 aliphatic carbocycles. The Morgan fingerprint density at radius 1 is 1.57 bits per heavy atom. The van der Waals surface area contributed by atoms with Crippen molar-refractivity contribution in [1.29, 1.82) is 5.26 Å². The molecule has 0 saturated heterocycles. The Morgan fingerprint density at radius 2 is 2.29 bits per heavy atom. The van der Waals surface area contributed by atoms with Gasteiger partial charge in [0.05, 0.1) is 6.07 Å². The van der Waals surface area contributed by atoms with Crippen molar-refractivity contribution >= 4 is 5.91 Å². The van der Waals surface area contributed by atoms with Crippen LogP contribution in [0, 0.1) is 11.3 Å². The molecule has 1 saturated carbocycles. The molecule has 0 aromatic heterocycles. The predicted octanol–water partition coefficient (Wildman–Crippen LogP) is 0.678. The maximum Gasteiger partial charge on any atom is 0.221 e. The zero-order valence-corrected chi connectivity index (χ0v) is 8.38. The van der Waals surface area contributed by atoms with Gasteiger partial charge in [-0.2, -0.15) is 5.26 Å². The molecule has 4 heteroatoms. The fraction of sp³-hybridized carbons (Fsp3) is 0.800. The molecule has 0 spiro atoms. The van der Waals surface area contributed by atoms with Crippen LogP contribution in [0.3, 0.4) is 0 Å². The molecule has 0 aliphatic heterocycles. The zero-order chi connectivity index (χ0) is 10.4. The van der Waals surface area contributed by atoms with Crippen LogP contribution in [-0.4, -0.2) is 18.0 Å². The number of carbonyl (C=O) groups is 1. The first-order chi connectivity index (χ1) is 6.66. The third kappa shape index (κ3) is 3.35. The summed E-state index contributed by atoms with van der Waals surface area (Å²) in [6.07, 6.45) is 4.70. The molecule has 0 aromatic carbocycles. The van der Waals surface area contributed by atoms with Gasteiger partial charge in [-0.05, 0) is 25.7 Å². The molecule has 78 valence electrons. The summed E-state index contributed by atoms with van der Waals surface area (Å²) in [6, 6.07) is 2.04. The van der Waals surface area contributed by atoms with E-state index in [9.17, 15) is 4.79 Å². The monoisotopic (exact) mass is 195 g/mol. The summed E-state index contributed by atoms with van der Waals surface area (Å²) in [4.78, 5) is 11.3. The van der Waals surface area contributed by atoms with Gasteiger partial charge in [0.2, 0.25) is 5.91 Å². The highest BCUT2D eigenvalue weighted by atomic mass is 16.1. The molecule has 4 nitrogen and oxygen atoms in total. The van der Waals surface area contributed by atoms with Crippen molar-refractivity contribution in [3.63, 3.8) is 0 Å². The Morgan fingerprint density at radius 3 is 2.79 bits per heavy atom. The van der Waals surface area contributed by atoms with Crippen LogP contribution in [0.4, 0.5) is 0 Å². The summed E-state index contributed by atoms with van der Waals surface area (Å²) in [5, 5.41) is 11.1. The Hall–Kier alpha value is -1.08. The van der Waals surface area contributed by atoms with Crippen molar-refractivity contribution in [2.45, 2.75) is 44.1 Å². The molecule has 3 N–H and O–H groups in total. The predicted molar refractivity (Wildman–Crippen MR) is 53.2 cm³/mol. The van der Waals surface area contributed by atoms with Crippen molar-refractivity contribution in [1.82, 2.24) is 5.32 Å². The summed E-state index contributed by atoms with van der Waals surface area (Å²) in [7, 11) is 0. The van der Waals surface area contributed by atoms with Gasteiger partial charge in [-0.15, -0.1) is 0 Å². The van der Waals surface area contributed by atoms with Gasteiger partial charge in [-0.25, -0.2) is 0 Å². The molecule has 0 unspecified atom stereocenters. The summed E-state index contributed by atoms with van der Waals surface area (Å²) in [5.41, 5.74) is 5.68. The fourth-order valence-corrected chi connectivity index (χ4v) is 1.59. The van der Waals surface area contributed by atoms with Crippen LogP contribution in [0.5, 0.6) is 0 Å². The number of rotatable bonds is 5. The minimum absolute atomic E-state index is 0.0186. The lowest BCUT2D eigenvalue weighted by Crippen LogP contribution is -2.50. The normalized spacial score (nSPS) is 18.0. The smallest absolute Gasteiger partial charge is 0.221 e. The number of unbranched alkanes of at least 4 members (excludes halogenated alkanes) is 1. The first-order valence-electron chi connectivity index (χ1n) is 5.09. The molecule has 0 atom stereocenters. The van der Waals surface area contributed by atoms with Gasteiger partial charge < -0.3 is 11.1 Å². The van der Waals surface area contributed by atoms with Crippen LogP contribution in [0.25, 0.3) is 0 Å². The molecule has 0 heterocycles. The SMILES string of the molecule is N#CCCCNC(=O)CC1(N)CCC1. The highest BCUT2D eigenvalue weighted by molar-refractivity contribution is 5.77. The molecule has 0 aromatic rings. The summed E-state index contributed by atoms with van der Waals surface area (Å²) in [5.74, 6) is 0.0186. The first kappa shape index (κ1) is 11.0. The summed E-state index contributed by atoms with van der Waals surface area (Å²) < 4.78 is 0. The van der Waals surface area contributed by atoms with E-state index < -0.39 is 0 Å². The standard InChI is InChI=1S/C10H17N3O/c11-6-1-2-7-13-9(14)8-10(12)4-3-5-10/h1-5,7-8,12H2,(H,13,14). The lowest BCUT2D eigenvalue weighted by molar-refractivity contribution is -0.123. The number of hydrogen-bond acceptors (Lipinski definition) is 3. The lowest BCUT2D eigenvalue weighted by atomic mass is 9.75. The Labute approximate surface area is 84.5 Å². The van der Waals surface area contributed by atoms with E-state index in [-0.39, 0.29) is 11.4 Å². The van der Waals surface area contributed by atoms with E-state index in [0.717, 1.165) is 25.7 Å². The third-order valence-corrected chi connectivity index (χ3v) is 2.65. The Balaban J connectivity index is 2.07. The minimum atomic E-state index is -0.237. The molecular formula is C10H17N3O. The van der Waals surface area contributed by atoms with E-state index in [0.29, 0.717) is 19.4 Å². The van der Waals surface area contributed by atoms with Crippen LogP contribution in [0.2, 0.25) is 0 Å². The lowest BCUT2D eigenvalue weighted by Gasteiger charge is -2.37. The number of amides is 1. The zero-order valence-electron chi connectivity index (χ0n) is 8.38. The number of carbonyl (C=O) groups excluding carboxylic acids is 1. The maximum absolute atomic E-state index is 11.3. The van der Waals surface area contributed by atoms with Gasteiger partial charge in [-0.3, -0.25) is 4.79 Å². The quantitative estimate of drug-likeness (QED) is 0.633. The Kier molecular flexibility index (Phi) is 3.90. The van der Waals surface area contributed by atoms with E-state index in [1.165, 1.54) is 0 Å². The van der Waals surface area contributed by atoms with Crippen molar-refractivity contribution in [2.24, 2.45) is 5.73 Å². The molecule has 0 radical (unpaired) electrons. The first-order valence-corrected chi connectivity index (χ1v) is 5.09. The second-order valence-corrected chi connectivity index (χ2v) is 4.00. The molecular weight excluding hydrogens is 178 g/mol. The van der Waals surface area contributed by atoms with Crippen LogP contribution in [0.1, 0.15) is 38.5 Å². The van der Waals surface area contributed by atoms with Crippen molar-refractivity contribution in [2.75, 3.05) is 6.54 Å². The summed E-state index contributed by atoms with van der Waals surface area (Å²) in [6.45, 7) is 0.586. The van der Waals surface area contributed by atoms with Crippen LogP contribution in [0.15, 0.2) is 0 Å². The topological polar surface area (TPSA) is 78.9 Å². The number of nitrogens with zero attached hydrogens (tertiary/aromatic N) is 1. The highest BCUT2D eigenvalue weighted by Crippen LogP contribution is 2.31. The summed E-state index contributed by atoms with van der Waals surface area (Å²) >= 11 is 0. The van der Waals surface area contributed by atoms with Crippen LogP contribution < -0.4 is 11.1 Å². The van der Waals surface area contributed by atoms with E-state index in [1.807, 2.05) is 6.07 Å². The second-order valence-electron chi connectivity index (χ2n) is 4.00. The largest absolute Gasteiger partial charge is 0.356 e. The van der Waals surface area contributed by atoms with Gasteiger partial charge in [0.1, 0.15) is 0 Å². The molecule has 1 fully saturated rings. The number of nitriles is 1. The average Bonchev–Trinajstić information content (AvgIpc) is 2.10. The number of hydrogen-bond donors (Lipinski definition) is 2. The minimum Gasteiger partial charge on any atom is -0.356 e. The maximum atomic E-state index is 11.3. The van der Waals surface area contributed by atoms with Gasteiger partial charge in [0, 0.05) is 24.9 Å². The van der Waals surface area contributed by atoms with Gasteiger partial charge in [0.25, 0.3) is 0 Å². The van der Waals surface area contributed by atoms with Gasteiger partial charge >= 0.3 is 0 Å². The third-order valence-electron chi connectivity index (χ3n) is 2.65. The van der Waals surface area contributed by atoms with Crippen LogP contribution in [-0.2, 0) is 4.79 Å². The second kappa shape index (κ2) is 4.97. The van der Waals surface area contributed by atoms with Crippen molar-refractivity contribution in [3.05, 3.63) is 0 Å². The van der Waals surface area contributed by atoms with Crippen molar-refractivity contribution in [3.8, 4) is 6.07 Å². The molecule has 1 rings (SSSR count). The number of nitrogens with one attached hydrogen (secondary N) is 1. The van der Waals surface area contributed by atoms with E-state index in [2.05, 4.69) is 5.32 Å². The molecule has 14 heavy (non-hydrogen) atoms. The molecule has 1 aliphatic rings. The highest BCUT2D eigenvalue weighted by Gasteiger charge is 2.34. The fourth-order valence-electron chi connectivity index (χ4n) is 1.59. The van der Waals surface area contributed by atoms with Crippen LogP contribution >= 0.6 is 0 Å². The average molecular weight is 195 g/mol. The van der Waals surface area contributed by atoms with E-state index >= 15 is 0 Å². The van der Waals surface area contributed by atoms with Gasteiger partial charge in [0.15, 0.2) is 0 Å².